The largest absolute Gasteiger partial charge is 0.352 e. The molecule has 36 heavy (non-hydrogen) atoms. The van der Waals surface area contributed by atoms with Crippen molar-refractivity contribution in [1.82, 2.24) is 10.2 Å². The molecule has 0 heterocycles. The van der Waals surface area contributed by atoms with Crippen LogP contribution in [0.1, 0.15) is 57.1 Å². The van der Waals surface area contributed by atoms with Crippen molar-refractivity contribution >= 4 is 43.5 Å². The standard InChI is InChI=1S/C27H36BrN3O4S/c1-4-21-12-16-25(17-13-21)31(36(3,34)35)19-26(32)30(18-22-10-14-23(28)15-11-22)20(2)27(33)29-24-8-6-5-7-9-24/h10-17,20,24H,4-9,18-19H2,1-3H3,(H,29,33)/t20-/m1/s1. The van der Waals surface area contributed by atoms with Crippen LogP contribution < -0.4 is 9.62 Å². The van der Waals surface area contributed by atoms with E-state index in [2.05, 4.69) is 21.2 Å². The number of halogens is 1. The van der Waals surface area contributed by atoms with E-state index < -0.39 is 22.0 Å². The minimum Gasteiger partial charge on any atom is -0.352 e. The third-order valence-corrected chi connectivity index (χ3v) is 8.37. The number of amides is 2. The molecule has 0 spiro atoms. The fourth-order valence-electron chi connectivity index (χ4n) is 4.45. The van der Waals surface area contributed by atoms with E-state index in [0.717, 1.165) is 58.3 Å². The predicted molar refractivity (Wildman–Crippen MR) is 147 cm³/mol. The first-order valence-corrected chi connectivity index (χ1v) is 15.1. The summed E-state index contributed by atoms with van der Waals surface area (Å²) < 4.78 is 27.4. The highest BCUT2D eigenvalue weighted by atomic mass is 79.9. The lowest BCUT2D eigenvalue weighted by Crippen LogP contribution is -2.52. The van der Waals surface area contributed by atoms with E-state index in [1.807, 2.05) is 43.3 Å². The highest BCUT2D eigenvalue weighted by molar-refractivity contribution is 9.10. The fraction of sp³-hybridized carbons (Fsp3) is 0.481. The molecule has 0 unspecified atom stereocenters. The lowest BCUT2D eigenvalue weighted by atomic mass is 9.95. The molecule has 0 radical (unpaired) electrons. The molecule has 0 saturated heterocycles. The zero-order valence-electron chi connectivity index (χ0n) is 21.2. The average Bonchev–Trinajstić information content (AvgIpc) is 2.86. The van der Waals surface area contributed by atoms with Gasteiger partial charge in [-0.05, 0) is 61.6 Å². The van der Waals surface area contributed by atoms with E-state index in [0.29, 0.717) is 5.69 Å². The Kier molecular flexibility index (Phi) is 9.96. The average molecular weight is 579 g/mol. The van der Waals surface area contributed by atoms with E-state index in [9.17, 15) is 18.0 Å². The second-order valence-electron chi connectivity index (χ2n) is 9.46. The number of benzene rings is 2. The van der Waals surface area contributed by atoms with Gasteiger partial charge in [0.15, 0.2) is 0 Å². The van der Waals surface area contributed by atoms with Crippen molar-refractivity contribution in [2.45, 2.75) is 71.0 Å². The van der Waals surface area contributed by atoms with Crippen molar-refractivity contribution in [3.8, 4) is 0 Å². The van der Waals surface area contributed by atoms with E-state index in [-0.39, 0.29) is 25.0 Å². The number of anilines is 1. The smallest absolute Gasteiger partial charge is 0.244 e. The van der Waals surface area contributed by atoms with Crippen molar-refractivity contribution in [2.24, 2.45) is 0 Å². The summed E-state index contributed by atoms with van der Waals surface area (Å²) in [5.74, 6) is -0.653. The van der Waals surface area contributed by atoms with Crippen LogP contribution in [0.4, 0.5) is 5.69 Å². The normalized spacial score (nSPS) is 15.2. The van der Waals surface area contributed by atoms with E-state index in [1.54, 1.807) is 19.1 Å². The molecule has 0 aliphatic heterocycles. The Balaban J connectivity index is 1.85. The van der Waals surface area contributed by atoms with Gasteiger partial charge in [0.1, 0.15) is 12.6 Å². The number of carbonyl (C=O) groups is 2. The Hall–Kier alpha value is -2.39. The summed E-state index contributed by atoms with van der Waals surface area (Å²) in [6.45, 7) is 3.53. The number of nitrogens with zero attached hydrogens (tertiary/aromatic N) is 2. The second kappa shape index (κ2) is 12.7. The van der Waals surface area contributed by atoms with Crippen LogP contribution in [0.25, 0.3) is 0 Å². The first-order valence-electron chi connectivity index (χ1n) is 12.5. The Morgan fingerprint density at radius 2 is 1.58 bits per heavy atom. The maximum Gasteiger partial charge on any atom is 0.244 e. The van der Waals surface area contributed by atoms with Crippen LogP contribution >= 0.6 is 15.9 Å². The molecule has 0 aromatic heterocycles. The van der Waals surface area contributed by atoms with Gasteiger partial charge >= 0.3 is 0 Å². The quantitative estimate of drug-likeness (QED) is 0.445. The molecule has 1 saturated carbocycles. The predicted octanol–water partition coefficient (Wildman–Crippen LogP) is 4.64. The number of hydrogen-bond acceptors (Lipinski definition) is 4. The molecule has 1 atom stereocenters. The molecule has 1 fully saturated rings. The highest BCUT2D eigenvalue weighted by Crippen LogP contribution is 2.21. The molecule has 7 nitrogen and oxygen atoms in total. The molecule has 2 aromatic rings. The minimum absolute atomic E-state index is 0.114. The van der Waals surface area contributed by atoms with Crippen LogP contribution in [-0.2, 0) is 32.6 Å². The number of rotatable bonds is 10. The van der Waals surface area contributed by atoms with Crippen LogP contribution in [0.15, 0.2) is 53.0 Å². The molecule has 1 aliphatic carbocycles. The summed E-state index contributed by atoms with van der Waals surface area (Å²) in [4.78, 5) is 28.3. The molecule has 1 aliphatic rings. The van der Waals surface area contributed by atoms with Crippen molar-refractivity contribution < 1.29 is 18.0 Å². The van der Waals surface area contributed by atoms with Crippen LogP contribution in [0, 0.1) is 0 Å². The molecule has 196 valence electrons. The van der Waals surface area contributed by atoms with Gasteiger partial charge in [0, 0.05) is 17.1 Å². The van der Waals surface area contributed by atoms with Gasteiger partial charge in [0.2, 0.25) is 21.8 Å². The fourth-order valence-corrected chi connectivity index (χ4v) is 5.56. The molecule has 0 bridgehead atoms. The van der Waals surface area contributed by atoms with E-state index >= 15 is 0 Å². The van der Waals surface area contributed by atoms with Gasteiger partial charge in [0.25, 0.3) is 0 Å². The summed E-state index contributed by atoms with van der Waals surface area (Å²) in [5, 5.41) is 3.10. The van der Waals surface area contributed by atoms with Gasteiger partial charge in [-0.25, -0.2) is 8.42 Å². The number of sulfonamides is 1. The second-order valence-corrected chi connectivity index (χ2v) is 12.3. The molecule has 3 rings (SSSR count). The Morgan fingerprint density at radius 3 is 2.14 bits per heavy atom. The number of hydrogen-bond donors (Lipinski definition) is 1. The molecular formula is C27H36BrN3O4S. The first kappa shape index (κ1) is 28.2. The highest BCUT2D eigenvalue weighted by Gasteiger charge is 2.31. The summed E-state index contributed by atoms with van der Waals surface area (Å²) in [6.07, 6.45) is 7.14. The molecule has 1 N–H and O–H groups in total. The van der Waals surface area contributed by atoms with Gasteiger partial charge < -0.3 is 10.2 Å². The van der Waals surface area contributed by atoms with Crippen LogP contribution in [0.2, 0.25) is 0 Å². The van der Waals surface area contributed by atoms with Crippen molar-refractivity contribution in [3.05, 3.63) is 64.1 Å². The van der Waals surface area contributed by atoms with Gasteiger partial charge in [-0.3, -0.25) is 13.9 Å². The number of aryl methyl sites for hydroxylation is 1. The zero-order chi connectivity index (χ0) is 26.3. The number of nitrogens with one attached hydrogen (secondary N) is 1. The third kappa shape index (κ3) is 7.80. The van der Waals surface area contributed by atoms with Crippen molar-refractivity contribution in [1.29, 1.82) is 0 Å². The van der Waals surface area contributed by atoms with Gasteiger partial charge in [-0.2, -0.15) is 0 Å². The van der Waals surface area contributed by atoms with E-state index in [4.69, 9.17) is 0 Å². The monoisotopic (exact) mass is 577 g/mol. The van der Waals surface area contributed by atoms with E-state index in [1.165, 1.54) is 11.3 Å². The van der Waals surface area contributed by atoms with Crippen LogP contribution in [0.3, 0.4) is 0 Å². The Labute approximate surface area is 223 Å². The van der Waals surface area contributed by atoms with Crippen LogP contribution in [0.5, 0.6) is 0 Å². The third-order valence-electron chi connectivity index (χ3n) is 6.70. The Bertz CT molecular complexity index is 1130. The van der Waals surface area contributed by atoms with Gasteiger partial charge in [0.05, 0.1) is 11.9 Å². The topological polar surface area (TPSA) is 86.8 Å². The molecule has 2 aromatic carbocycles. The van der Waals surface area contributed by atoms with Crippen molar-refractivity contribution in [2.75, 3.05) is 17.1 Å². The molecule has 9 heteroatoms. The maximum absolute atomic E-state index is 13.6. The zero-order valence-corrected chi connectivity index (χ0v) is 23.6. The molecular weight excluding hydrogens is 542 g/mol. The summed E-state index contributed by atoms with van der Waals surface area (Å²) >= 11 is 3.42. The maximum atomic E-state index is 13.6. The lowest BCUT2D eigenvalue weighted by Gasteiger charge is -2.33. The lowest BCUT2D eigenvalue weighted by molar-refractivity contribution is -0.139. The van der Waals surface area contributed by atoms with Gasteiger partial charge in [-0.1, -0.05) is 66.4 Å². The summed E-state index contributed by atoms with van der Waals surface area (Å²) in [6, 6.07) is 14.0. The minimum atomic E-state index is -3.73. The summed E-state index contributed by atoms with van der Waals surface area (Å²) in [5.41, 5.74) is 2.34. The summed E-state index contributed by atoms with van der Waals surface area (Å²) in [7, 11) is -3.73. The molecule has 2 amide bonds. The first-order chi connectivity index (χ1) is 17.1. The Morgan fingerprint density at radius 1 is 1.00 bits per heavy atom. The SMILES string of the molecule is CCc1ccc(N(CC(=O)N(Cc2ccc(Br)cc2)[C@H](C)C(=O)NC2CCCCC2)S(C)(=O)=O)cc1. The van der Waals surface area contributed by atoms with Gasteiger partial charge in [-0.15, -0.1) is 0 Å². The van der Waals surface area contributed by atoms with Crippen LogP contribution in [-0.4, -0.2) is 50.0 Å². The van der Waals surface area contributed by atoms with Crippen molar-refractivity contribution in [3.63, 3.8) is 0 Å². The number of carbonyl (C=O) groups excluding carboxylic acids is 2.